The van der Waals surface area contributed by atoms with E-state index in [0.29, 0.717) is 25.2 Å². The van der Waals surface area contributed by atoms with Crippen LogP contribution < -0.4 is 10.6 Å². The normalized spacial score (nSPS) is 10.6. The molecule has 0 radical (unpaired) electrons. The van der Waals surface area contributed by atoms with Gasteiger partial charge in [0.05, 0.1) is 6.54 Å². The van der Waals surface area contributed by atoms with Crippen LogP contribution in [0.25, 0.3) is 0 Å². The lowest BCUT2D eigenvalue weighted by atomic mass is 10.1. The molecule has 0 bridgehead atoms. The minimum absolute atomic E-state index is 0.0168. The van der Waals surface area contributed by atoms with Gasteiger partial charge < -0.3 is 10.6 Å². The lowest BCUT2D eigenvalue weighted by molar-refractivity contribution is -0.121. The fourth-order valence-corrected chi connectivity index (χ4v) is 3.24. The van der Waals surface area contributed by atoms with E-state index in [1.54, 1.807) is 30.9 Å². The van der Waals surface area contributed by atoms with E-state index in [-0.39, 0.29) is 11.8 Å². The lowest BCUT2D eigenvalue weighted by Crippen LogP contribution is -2.35. The second kappa shape index (κ2) is 10.6. The average molecular weight is 372 g/mol. The summed E-state index contributed by atoms with van der Waals surface area (Å²) >= 11 is 1.73. The largest absolute Gasteiger partial charge is 0.355 e. The van der Waals surface area contributed by atoms with E-state index < -0.39 is 0 Å². The Balaban J connectivity index is 1.67. The van der Waals surface area contributed by atoms with Crippen LogP contribution >= 0.6 is 11.8 Å². The van der Waals surface area contributed by atoms with Crippen molar-refractivity contribution in [2.75, 3.05) is 32.9 Å². The molecule has 2 rings (SSSR count). The first-order valence-electron chi connectivity index (χ1n) is 8.52. The monoisotopic (exact) mass is 371 g/mol. The molecule has 0 unspecified atom stereocenters. The summed E-state index contributed by atoms with van der Waals surface area (Å²) in [6.45, 7) is 1.64. The van der Waals surface area contributed by atoms with Gasteiger partial charge in [0.1, 0.15) is 0 Å². The van der Waals surface area contributed by atoms with Crippen LogP contribution in [0.5, 0.6) is 0 Å². The maximum absolute atomic E-state index is 12.0. The Bertz CT molecular complexity index is 705. The Labute approximate surface area is 159 Å². The molecule has 0 saturated heterocycles. The summed E-state index contributed by atoms with van der Waals surface area (Å²) in [5.74, 6) is 0.765. The molecule has 2 amide bonds. The fraction of sp³-hybridized carbons (Fsp3) is 0.300. The Morgan fingerprint density at radius 1 is 1.04 bits per heavy atom. The van der Waals surface area contributed by atoms with Crippen molar-refractivity contribution < 1.29 is 9.59 Å². The number of carbonyl (C=O) groups excluding carboxylic acids is 2. The van der Waals surface area contributed by atoms with Gasteiger partial charge in [0.25, 0.3) is 5.91 Å². The van der Waals surface area contributed by atoms with Crippen molar-refractivity contribution in [2.24, 2.45) is 0 Å². The number of likely N-dealkylation sites (N-methyl/N-ethyl adjacent to an activating group) is 1. The topological polar surface area (TPSA) is 61.4 Å². The molecule has 0 heterocycles. The molecule has 2 N–H and O–H groups in total. The van der Waals surface area contributed by atoms with Gasteiger partial charge in [-0.1, -0.05) is 30.3 Å². The summed E-state index contributed by atoms with van der Waals surface area (Å²) in [5, 5.41) is 5.55. The van der Waals surface area contributed by atoms with Gasteiger partial charge in [-0.2, -0.15) is 0 Å². The van der Waals surface area contributed by atoms with Gasteiger partial charge in [-0.3, -0.25) is 14.5 Å². The van der Waals surface area contributed by atoms with Crippen molar-refractivity contribution in [3.8, 4) is 0 Å². The van der Waals surface area contributed by atoms with Crippen LogP contribution in [0.15, 0.2) is 59.5 Å². The standard InChI is InChI=1S/C20H25N3O2S/c1-21-20(25)17-10-8-16(9-11-17)14-23(2)15-19(24)22-12-13-26-18-6-4-3-5-7-18/h3-11H,12-15H2,1-2H3,(H,21,25)(H,22,24). The number of carbonyl (C=O) groups is 2. The summed E-state index contributed by atoms with van der Waals surface area (Å²) in [7, 11) is 3.52. The maximum atomic E-state index is 12.0. The van der Waals surface area contributed by atoms with E-state index >= 15 is 0 Å². The average Bonchev–Trinajstić information content (AvgIpc) is 2.66. The SMILES string of the molecule is CNC(=O)c1ccc(CN(C)CC(=O)NCCSc2ccccc2)cc1. The third-order valence-electron chi connectivity index (χ3n) is 3.75. The van der Waals surface area contributed by atoms with Crippen molar-refractivity contribution >= 4 is 23.6 Å². The molecule has 6 heteroatoms. The van der Waals surface area contributed by atoms with Gasteiger partial charge in [0.15, 0.2) is 0 Å². The number of hydrogen-bond acceptors (Lipinski definition) is 4. The molecule has 0 aromatic heterocycles. The van der Waals surface area contributed by atoms with Crippen LogP contribution in [-0.2, 0) is 11.3 Å². The molecule has 2 aromatic rings. The predicted octanol–water partition coefficient (Wildman–Crippen LogP) is 2.39. The van der Waals surface area contributed by atoms with Crippen LogP contribution in [0.2, 0.25) is 0 Å². The Hall–Kier alpha value is -2.31. The van der Waals surface area contributed by atoms with E-state index in [4.69, 9.17) is 0 Å². The highest BCUT2D eigenvalue weighted by Gasteiger charge is 2.08. The quantitative estimate of drug-likeness (QED) is 0.525. The minimum Gasteiger partial charge on any atom is -0.355 e. The maximum Gasteiger partial charge on any atom is 0.251 e. The highest BCUT2D eigenvalue weighted by molar-refractivity contribution is 7.99. The van der Waals surface area contributed by atoms with Crippen molar-refractivity contribution in [3.05, 3.63) is 65.7 Å². The highest BCUT2D eigenvalue weighted by Crippen LogP contribution is 2.15. The molecular formula is C20H25N3O2S. The molecule has 2 aromatic carbocycles. The van der Waals surface area contributed by atoms with Gasteiger partial charge >= 0.3 is 0 Å². The number of thioether (sulfide) groups is 1. The van der Waals surface area contributed by atoms with Gasteiger partial charge in [0.2, 0.25) is 5.91 Å². The van der Waals surface area contributed by atoms with Crippen LogP contribution in [0, 0.1) is 0 Å². The van der Waals surface area contributed by atoms with Crippen molar-refractivity contribution in [1.82, 2.24) is 15.5 Å². The Morgan fingerprint density at radius 2 is 1.73 bits per heavy atom. The fourth-order valence-electron chi connectivity index (χ4n) is 2.45. The first-order valence-corrected chi connectivity index (χ1v) is 9.51. The summed E-state index contributed by atoms with van der Waals surface area (Å²) in [5.41, 5.74) is 1.69. The predicted molar refractivity (Wildman–Crippen MR) is 106 cm³/mol. The van der Waals surface area contributed by atoms with Gasteiger partial charge in [-0.05, 0) is 36.9 Å². The molecule has 0 aliphatic rings. The molecule has 0 aliphatic heterocycles. The second-order valence-electron chi connectivity index (χ2n) is 5.96. The zero-order valence-corrected chi connectivity index (χ0v) is 16.0. The third-order valence-corrected chi connectivity index (χ3v) is 4.76. The third kappa shape index (κ3) is 6.90. The van der Waals surface area contributed by atoms with Crippen LogP contribution in [0.4, 0.5) is 0 Å². The van der Waals surface area contributed by atoms with Gasteiger partial charge in [-0.25, -0.2) is 0 Å². The van der Waals surface area contributed by atoms with Crippen molar-refractivity contribution in [1.29, 1.82) is 0 Å². The Morgan fingerprint density at radius 3 is 2.38 bits per heavy atom. The summed E-state index contributed by atoms with van der Waals surface area (Å²) in [4.78, 5) is 26.7. The van der Waals surface area contributed by atoms with Crippen LogP contribution in [0.3, 0.4) is 0 Å². The molecule has 0 aliphatic carbocycles. The summed E-state index contributed by atoms with van der Waals surface area (Å²) < 4.78 is 0. The van der Waals surface area contributed by atoms with E-state index in [2.05, 4.69) is 22.8 Å². The van der Waals surface area contributed by atoms with E-state index in [0.717, 1.165) is 11.3 Å². The number of nitrogens with zero attached hydrogens (tertiary/aromatic N) is 1. The second-order valence-corrected chi connectivity index (χ2v) is 7.13. The number of rotatable bonds is 9. The minimum atomic E-state index is -0.0994. The van der Waals surface area contributed by atoms with Gasteiger partial charge in [0, 0.05) is 36.3 Å². The van der Waals surface area contributed by atoms with E-state index in [9.17, 15) is 9.59 Å². The summed E-state index contributed by atoms with van der Waals surface area (Å²) in [6, 6.07) is 17.6. The van der Waals surface area contributed by atoms with Crippen molar-refractivity contribution in [3.63, 3.8) is 0 Å². The Kier molecular flexibility index (Phi) is 8.18. The van der Waals surface area contributed by atoms with E-state index in [1.165, 1.54) is 4.90 Å². The van der Waals surface area contributed by atoms with E-state index in [1.807, 2.05) is 42.3 Å². The molecule has 5 nitrogen and oxygen atoms in total. The smallest absolute Gasteiger partial charge is 0.251 e. The molecule has 0 fully saturated rings. The first kappa shape index (κ1) is 20.0. The molecule has 138 valence electrons. The molecular weight excluding hydrogens is 346 g/mol. The zero-order chi connectivity index (χ0) is 18.8. The lowest BCUT2D eigenvalue weighted by Gasteiger charge is -2.16. The van der Waals surface area contributed by atoms with Crippen molar-refractivity contribution in [2.45, 2.75) is 11.4 Å². The zero-order valence-electron chi connectivity index (χ0n) is 15.2. The number of nitrogens with one attached hydrogen (secondary N) is 2. The highest BCUT2D eigenvalue weighted by atomic mass is 32.2. The molecule has 0 atom stereocenters. The number of amides is 2. The number of hydrogen-bond donors (Lipinski definition) is 2. The first-order chi connectivity index (χ1) is 12.6. The number of benzene rings is 2. The molecule has 26 heavy (non-hydrogen) atoms. The summed E-state index contributed by atoms with van der Waals surface area (Å²) in [6.07, 6.45) is 0. The van der Waals surface area contributed by atoms with Gasteiger partial charge in [-0.15, -0.1) is 11.8 Å². The van der Waals surface area contributed by atoms with Crippen LogP contribution in [-0.4, -0.2) is 49.7 Å². The molecule has 0 spiro atoms. The molecule has 0 saturated carbocycles. The van der Waals surface area contributed by atoms with Crippen LogP contribution in [0.1, 0.15) is 15.9 Å².